The zero-order valence-corrected chi connectivity index (χ0v) is 11.8. The van der Waals surface area contributed by atoms with Gasteiger partial charge in [0.2, 0.25) is 5.91 Å². The highest BCUT2D eigenvalue weighted by Gasteiger charge is 2.47. The molecule has 1 aliphatic carbocycles. The Morgan fingerprint density at radius 1 is 1.37 bits per heavy atom. The summed E-state index contributed by atoms with van der Waals surface area (Å²) in [4.78, 5) is 14.9. The minimum absolute atomic E-state index is 0.0897. The summed E-state index contributed by atoms with van der Waals surface area (Å²) in [6.07, 6.45) is 7.65. The van der Waals surface area contributed by atoms with Gasteiger partial charge in [0, 0.05) is 12.6 Å². The SMILES string of the molecule is CCC1CCCN1C(=O)C1(C(N)=NO)CCCCC1. The van der Waals surface area contributed by atoms with Crippen LogP contribution in [0.5, 0.6) is 0 Å². The van der Waals surface area contributed by atoms with Gasteiger partial charge in [-0.15, -0.1) is 0 Å². The Morgan fingerprint density at radius 3 is 2.63 bits per heavy atom. The van der Waals surface area contributed by atoms with Crippen molar-refractivity contribution in [2.45, 2.75) is 64.3 Å². The predicted octanol–water partition coefficient (Wildman–Crippen LogP) is 2.08. The Hall–Kier alpha value is -1.26. The van der Waals surface area contributed by atoms with Gasteiger partial charge >= 0.3 is 0 Å². The molecule has 1 saturated carbocycles. The number of hydrogen-bond donors (Lipinski definition) is 2. The van der Waals surface area contributed by atoms with E-state index < -0.39 is 5.41 Å². The Balaban J connectivity index is 2.25. The molecule has 2 rings (SSSR count). The minimum atomic E-state index is -0.745. The highest BCUT2D eigenvalue weighted by Crippen LogP contribution is 2.40. The van der Waals surface area contributed by atoms with Crippen molar-refractivity contribution in [3.05, 3.63) is 0 Å². The standard InChI is InChI=1S/C14H25N3O2/c1-2-11-7-6-10-17(11)13(18)14(12(15)16-19)8-4-3-5-9-14/h11,19H,2-10H2,1H3,(H2,15,16). The van der Waals surface area contributed by atoms with Gasteiger partial charge in [-0.3, -0.25) is 4.79 Å². The molecular weight excluding hydrogens is 242 g/mol. The fourth-order valence-electron chi connectivity index (χ4n) is 3.63. The van der Waals surface area contributed by atoms with E-state index in [9.17, 15) is 4.79 Å². The second-order valence-electron chi connectivity index (χ2n) is 5.83. The Bertz CT molecular complexity index is 362. The first-order valence-corrected chi connectivity index (χ1v) is 7.45. The molecule has 0 aromatic heterocycles. The number of nitrogens with zero attached hydrogens (tertiary/aromatic N) is 2. The minimum Gasteiger partial charge on any atom is -0.409 e. The average Bonchev–Trinajstić information content (AvgIpc) is 2.94. The second kappa shape index (κ2) is 5.80. The number of nitrogens with two attached hydrogens (primary N) is 1. The summed E-state index contributed by atoms with van der Waals surface area (Å²) >= 11 is 0. The van der Waals surface area contributed by atoms with E-state index >= 15 is 0 Å². The molecule has 0 radical (unpaired) electrons. The molecular formula is C14H25N3O2. The quantitative estimate of drug-likeness (QED) is 0.355. The van der Waals surface area contributed by atoms with Gasteiger partial charge < -0.3 is 15.8 Å². The number of rotatable bonds is 3. The van der Waals surface area contributed by atoms with E-state index in [1.807, 2.05) is 4.90 Å². The van der Waals surface area contributed by atoms with Gasteiger partial charge in [-0.2, -0.15) is 0 Å². The second-order valence-corrected chi connectivity index (χ2v) is 5.83. The molecule has 1 saturated heterocycles. The normalized spacial score (nSPS) is 27.5. The zero-order valence-electron chi connectivity index (χ0n) is 11.8. The molecule has 2 fully saturated rings. The number of oxime groups is 1. The third kappa shape index (κ3) is 2.42. The number of hydrogen-bond acceptors (Lipinski definition) is 3. The first-order chi connectivity index (χ1) is 9.15. The lowest BCUT2D eigenvalue weighted by Crippen LogP contribution is -2.53. The van der Waals surface area contributed by atoms with Gasteiger partial charge in [0.25, 0.3) is 0 Å². The third-order valence-electron chi connectivity index (χ3n) is 4.82. The summed E-state index contributed by atoms with van der Waals surface area (Å²) in [6, 6.07) is 0.331. The van der Waals surface area contributed by atoms with Crippen molar-refractivity contribution in [2.75, 3.05) is 6.54 Å². The fourth-order valence-corrected chi connectivity index (χ4v) is 3.63. The van der Waals surface area contributed by atoms with Crippen LogP contribution in [0.15, 0.2) is 5.16 Å². The maximum atomic E-state index is 12.9. The van der Waals surface area contributed by atoms with Gasteiger partial charge in [0.15, 0.2) is 5.84 Å². The molecule has 1 atom stereocenters. The van der Waals surface area contributed by atoms with Crippen LogP contribution >= 0.6 is 0 Å². The molecule has 0 aromatic rings. The van der Waals surface area contributed by atoms with Crippen molar-refractivity contribution in [3.8, 4) is 0 Å². The lowest BCUT2D eigenvalue weighted by molar-refractivity contribution is -0.140. The monoisotopic (exact) mass is 267 g/mol. The largest absolute Gasteiger partial charge is 0.409 e. The van der Waals surface area contributed by atoms with Crippen LogP contribution in [0.3, 0.4) is 0 Å². The first kappa shape index (κ1) is 14.2. The van der Waals surface area contributed by atoms with Crippen molar-refractivity contribution >= 4 is 11.7 Å². The van der Waals surface area contributed by atoms with Crippen molar-refractivity contribution in [3.63, 3.8) is 0 Å². The third-order valence-corrected chi connectivity index (χ3v) is 4.82. The Kier molecular flexibility index (Phi) is 4.32. The van der Waals surface area contributed by atoms with Gasteiger partial charge in [0.1, 0.15) is 5.41 Å². The van der Waals surface area contributed by atoms with Crippen LogP contribution < -0.4 is 5.73 Å². The molecule has 1 heterocycles. The van der Waals surface area contributed by atoms with Crippen LogP contribution in [-0.4, -0.2) is 34.4 Å². The smallest absolute Gasteiger partial charge is 0.236 e. The predicted molar refractivity (Wildman–Crippen MR) is 74.0 cm³/mol. The van der Waals surface area contributed by atoms with E-state index in [2.05, 4.69) is 12.1 Å². The molecule has 5 heteroatoms. The van der Waals surface area contributed by atoms with E-state index in [4.69, 9.17) is 10.9 Å². The fraction of sp³-hybridized carbons (Fsp3) is 0.857. The lowest BCUT2D eigenvalue weighted by atomic mass is 9.72. The van der Waals surface area contributed by atoms with Crippen LogP contribution in [-0.2, 0) is 4.79 Å². The van der Waals surface area contributed by atoms with Crippen LogP contribution in [0.1, 0.15) is 58.3 Å². The van der Waals surface area contributed by atoms with E-state index in [-0.39, 0.29) is 11.7 Å². The number of likely N-dealkylation sites (tertiary alicyclic amines) is 1. The number of amidine groups is 1. The summed E-state index contributed by atoms with van der Waals surface area (Å²) < 4.78 is 0. The maximum absolute atomic E-state index is 12.9. The lowest BCUT2D eigenvalue weighted by Gasteiger charge is -2.39. The van der Waals surface area contributed by atoms with Gasteiger partial charge in [-0.1, -0.05) is 31.3 Å². The van der Waals surface area contributed by atoms with Crippen LogP contribution in [0.4, 0.5) is 0 Å². The topological polar surface area (TPSA) is 78.9 Å². The van der Waals surface area contributed by atoms with Crippen molar-refractivity contribution in [1.82, 2.24) is 4.90 Å². The molecule has 0 spiro atoms. The molecule has 0 bridgehead atoms. The molecule has 19 heavy (non-hydrogen) atoms. The molecule has 1 aliphatic heterocycles. The highest BCUT2D eigenvalue weighted by atomic mass is 16.4. The summed E-state index contributed by atoms with van der Waals surface area (Å²) in [6.45, 7) is 2.94. The van der Waals surface area contributed by atoms with Gasteiger partial charge in [0.05, 0.1) is 0 Å². The van der Waals surface area contributed by atoms with E-state index in [0.29, 0.717) is 18.9 Å². The van der Waals surface area contributed by atoms with Gasteiger partial charge in [-0.05, 0) is 32.1 Å². The van der Waals surface area contributed by atoms with Crippen LogP contribution in [0.2, 0.25) is 0 Å². The molecule has 3 N–H and O–H groups in total. The first-order valence-electron chi connectivity index (χ1n) is 7.45. The summed E-state index contributed by atoms with van der Waals surface area (Å²) in [5.74, 6) is 0.200. The summed E-state index contributed by atoms with van der Waals surface area (Å²) in [5.41, 5.74) is 5.15. The Labute approximate surface area is 114 Å². The molecule has 108 valence electrons. The molecule has 2 aliphatic rings. The highest BCUT2D eigenvalue weighted by molar-refractivity contribution is 6.07. The Morgan fingerprint density at radius 2 is 2.05 bits per heavy atom. The summed E-state index contributed by atoms with van der Waals surface area (Å²) in [7, 11) is 0. The molecule has 1 unspecified atom stereocenters. The van der Waals surface area contributed by atoms with E-state index in [1.54, 1.807) is 0 Å². The average molecular weight is 267 g/mol. The van der Waals surface area contributed by atoms with Crippen molar-refractivity contribution in [2.24, 2.45) is 16.3 Å². The molecule has 0 aromatic carbocycles. The van der Waals surface area contributed by atoms with E-state index in [1.165, 1.54) is 0 Å². The number of carbonyl (C=O) groups is 1. The zero-order chi connectivity index (χ0) is 13.9. The maximum Gasteiger partial charge on any atom is 0.236 e. The molecule has 1 amide bonds. The van der Waals surface area contributed by atoms with Crippen molar-refractivity contribution in [1.29, 1.82) is 0 Å². The van der Waals surface area contributed by atoms with Crippen molar-refractivity contribution < 1.29 is 10.0 Å². The van der Waals surface area contributed by atoms with E-state index in [0.717, 1.165) is 45.1 Å². The summed E-state index contributed by atoms with van der Waals surface area (Å²) in [5, 5.41) is 12.2. The number of carbonyl (C=O) groups excluding carboxylic acids is 1. The van der Waals surface area contributed by atoms with Crippen LogP contribution in [0, 0.1) is 5.41 Å². The van der Waals surface area contributed by atoms with Gasteiger partial charge in [-0.25, -0.2) is 0 Å². The van der Waals surface area contributed by atoms with Crippen LogP contribution in [0.25, 0.3) is 0 Å². The molecule has 5 nitrogen and oxygen atoms in total. The number of amides is 1.